The number of amides is 1. The summed E-state index contributed by atoms with van der Waals surface area (Å²) in [6, 6.07) is 1.88. The molecular formula is C10H14N2O2S. The number of carbonyl (C=O) groups excluding carboxylic acids is 1. The van der Waals surface area contributed by atoms with Crippen molar-refractivity contribution in [3.8, 4) is 0 Å². The standard InChI is InChI=1S/C10H14N2O2S/c1-2-9-7(3-5-14-9)11-10(13)8-4-6-15-12-8/h4,6-7,9H,2-3,5H2,1H3,(H,11,13)/t7-,9+/m1/s1. The molecule has 0 unspecified atom stereocenters. The van der Waals surface area contributed by atoms with Crippen LogP contribution in [0.15, 0.2) is 11.4 Å². The fourth-order valence-corrected chi connectivity index (χ4v) is 2.30. The highest BCUT2D eigenvalue weighted by atomic mass is 32.1. The molecule has 0 aliphatic carbocycles. The summed E-state index contributed by atoms with van der Waals surface area (Å²) < 4.78 is 9.50. The van der Waals surface area contributed by atoms with Crippen molar-refractivity contribution in [2.75, 3.05) is 6.61 Å². The highest BCUT2D eigenvalue weighted by molar-refractivity contribution is 7.03. The average molecular weight is 226 g/mol. The van der Waals surface area contributed by atoms with Crippen molar-refractivity contribution in [3.63, 3.8) is 0 Å². The molecule has 1 amide bonds. The summed E-state index contributed by atoms with van der Waals surface area (Å²) in [7, 11) is 0. The molecule has 1 N–H and O–H groups in total. The first-order valence-electron chi connectivity index (χ1n) is 5.14. The predicted molar refractivity (Wildman–Crippen MR) is 58.0 cm³/mol. The third kappa shape index (κ3) is 2.35. The maximum absolute atomic E-state index is 11.7. The van der Waals surface area contributed by atoms with Crippen LogP contribution < -0.4 is 5.32 Å². The van der Waals surface area contributed by atoms with Gasteiger partial charge in [-0.2, -0.15) is 4.37 Å². The molecule has 1 aliphatic heterocycles. The van der Waals surface area contributed by atoms with Crippen LogP contribution in [0.5, 0.6) is 0 Å². The Morgan fingerprint density at radius 1 is 1.80 bits per heavy atom. The lowest BCUT2D eigenvalue weighted by atomic mass is 10.1. The van der Waals surface area contributed by atoms with E-state index in [-0.39, 0.29) is 18.1 Å². The summed E-state index contributed by atoms with van der Waals surface area (Å²) in [6.07, 6.45) is 1.99. The Balaban J connectivity index is 1.94. The topological polar surface area (TPSA) is 51.2 Å². The van der Waals surface area contributed by atoms with Crippen molar-refractivity contribution >= 4 is 17.4 Å². The van der Waals surface area contributed by atoms with Crippen molar-refractivity contribution in [2.24, 2.45) is 0 Å². The van der Waals surface area contributed by atoms with Crippen molar-refractivity contribution in [3.05, 3.63) is 17.1 Å². The molecule has 1 aliphatic rings. The number of carbonyl (C=O) groups is 1. The van der Waals surface area contributed by atoms with Gasteiger partial charge in [0.05, 0.1) is 12.1 Å². The predicted octanol–water partition coefficient (Wildman–Crippen LogP) is 1.44. The van der Waals surface area contributed by atoms with Crippen molar-refractivity contribution < 1.29 is 9.53 Å². The number of aromatic nitrogens is 1. The van der Waals surface area contributed by atoms with Gasteiger partial charge in [-0.3, -0.25) is 4.79 Å². The molecule has 0 spiro atoms. The summed E-state index contributed by atoms with van der Waals surface area (Å²) in [6.45, 7) is 2.80. The largest absolute Gasteiger partial charge is 0.376 e. The molecule has 0 radical (unpaired) electrons. The Morgan fingerprint density at radius 2 is 2.67 bits per heavy atom. The first-order chi connectivity index (χ1) is 7.31. The molecule has 0 bridgehead atoms. The lowest BCUT2D eigenvalue weighted by molar-refractivity contribution is 0.0806. The van der Waals surface area contributed by atoms with E-state index in [4.69, 9.17) is 4.74 Å². The highest BCUT2D eigenvalue weighted by Crippen LogP contribution is 2.16. The van der Waals surface area contributed by atoms with Crippen LogP contribution in [-0.2, 0) is 4.74 Å². The molecule has 15 heavy (non-hydrogen) atoms. The van der Waals surface area contributed by atoms with Gasteiger partial charge < -0.3 is 10.1 Å². The molecule has 1 aromatic rings. The molecule has 82 valence electrons. The number of hydrogen-bond acceptors (Lipinski definition) is 4. The summed E-state index contributed by atoms with van der Waals surface area (Å²) in [5.74, 6) is -0.0924. The minimum Gasteiger partial charge on any atom is -0.376 e. The summed E-state index contributed by atoms with van der Waals surface area (Å²) in [5.41, 5.74) is 0.502. The summed E-state index contributed by atoms with van der Waals surface area (Å²) >= 11 is 1.29. The maximum atomic E-state index is 11.7. The lowest BCUT2D eigenvalue weighted by Gasteiger charge is -2.17. The quantitative estimate of drug-likeness (QED) is 0.848. The van der Waals surface area contributed by atoms with E-state index in [1.54, 1.807) is 11.4 Å². The zero-order chi connectivity index (χ0) is 10.7. The Hall–Kier alpha value is -0.940. The third-order valence-electron chi connectivity index (χ3n) is 2.60. The van der Waals surface area contributed by atoms with Crippen LogP contribution in [0.3, 0.4) is 0 Å². The van der Waals surface area contributed by atoms with E-state index in [9.17, 15) is 4.79 Å². The van der Waals surface area contributed by atoms with Gasteiger partial charge in [-0.1, -0.05) is 6.92 Å². The Labute approximate surface area is 92.8 Å². The molecule has 4 nitrogen and oxygen atoms in total. The molecule has 2 atom stereocenters. The molecule has 1 fully saturated rings. The van der Waals surface area contributed by atoms with E-state index in [1.807, 2.05) is 0 Å². The summed E-state index contributed by atoms with van der Waals surface area (Å²) in [5, 5.41) is 4.77. The Morgan fingerprint density at radius 3 is 3.33 bits per heavy atom. The van der Waals surface area contributed by atoms with Gasteiger partial charge >= 0.3 is 0 Å². The van der Waals surface area contributed by atoms with Crippen LogP contribution in [0.1, 0.15) is 30.3 Å². The second kappa shape index (κ2) is 4.72. The van der Waals surface area contributed by atoms with Gasteiger partial charge in [0.15, 0.2) is 0 Å². The lowest BCUT2D eigenvalue weighted by Crippen LogP contribution is -2.40. The van der Waals surface area contributed by atoms with Crippen LogP contribution in [0, 0.1) is 0 Å². The molecule has 1 aromatic heterocycles. The average Bonchev–Trinajstić information content (AvgIpc) is 2.87. The van der Waals surface area contributed by atoms with E-state index >= 15 is 0 Å². The molecule has 2 rings (SSSR count). The van der Waals surface area contributed by atoms with Crippen LogP contribution in [-0.4, -0.2) is 29.0 Å². The smallest absolute Gasteiger partial charge is 0.271 e. The summed E-state index contributed by atoms with van der Waals surface area (Å²) in [4.78, 5) is 11.7. The zero-order valence-corrected chi connectivity index (χ0v) is 9.42. The second-order valence-corrected chi connectivity index (χ2v) is 4.24. The first kappa shape index (κ1) is 10.6. The number of ether oxygens (including phenoxy) is 1. The van der Waals surface area contributed by atoms with Crippen molar-refractivity contribution in [1.29, 1.82) is 0 Å². The SMILES string of the molecule is CC[C@@H]1OCC[C@H]1NC(=O)c1ccsn1. The van der Waals surface area contributed by atoms with Crippen molar-refractivity contribution in [1.82, 2.24) is 9.69 Å². The molecule has 5 heteroatoms. The number of rotatable bonds is 3. The third-order valence-corrected chi connectivity index (χ3v) is 3.16. The minimum absolute atomic E-state index is 0.0924. The molecule has 0 aromatic carbocycles. The van der Waals surface area contributed by atoms with Gasteiger partial charge in [-0.15, -0.1) is 0 Å². The van der Waals surface area contributed by atoms with Crippen LogP contribution >= 0.6 is 11.5 Å². The fourth-order valence-electron chi connectivity index (χ4n) is 1.79. The number of hydrogen-bond donors (Lipinski definition) is 1. The van der Waals surface area contributed by atoms with E-state index in [0.29, 0.717) is 5.69 Å². The Bertz CT molecular complexity index is 326. The van der Waals surface area contributed by atoms with E-state index in [1.165, 1.54) is 11.5 Å². The molecule has 1 saturated heterocycles. The van der Waals surface area contributed by atoms with Crippen LogP contribution in [0.2, 0.25) is 0 Å². The van der Waals surface area contributed by atoms with E-state index in [0.717, 1.165) is 19.4 Å². The van der Waals surface area contributed by atoms with E-state index in [2.05, 4.69) is 16.6 Å². The van der Waals surface area contributed by atoms with Gasteiger partial charge in [0, 0.05) is 12.0 Å². The molecular weight excluding hydrogens is 212 g/mol. The van der Waals surface area contributed by atoms with Gasteiger partial charge in [0.25, 0.3) is 5.91 Å². The maximum Gasteiger partial charge on any atom is 0.271 e. The minimum atomic E-state index is -0.0924. The van der Waals surface area contributed by atoms with Crippen LogP contribution in [0.4, 0.5) is 0 Å². The van der Waals surface area contributed by atoms with E-state index < -0.39 is 0 Å². The van der Waals surface area contributed by atoms with Gasteiger partial charge in [0.2, 0.25) is 0 Å². The highest BCUT2D eigenvalue weighted by Gasteiger charge is 2.28. The Kier molecular flexibility index (Phi) is 3.33. The monoisotopic (exact) mass is 226 g/mol. The number of nitrogens with one attached hydrogen (secondary N) is 1. The van der Waals surface area contributed by atoms with Gasteiger partial charge in [-0.05, 0) is 30.4 Å². The fraction of sp³-hybridized carbons (Fsp3) is 0.600. The van der Waals surface area contributed by atoms with Gasteiger partial charge in [0.1, 0.15) is 5.69 Å². The molecule has 2 heterocycles. The second-order valence-electron chi connectivity index (χ2n) is 3.57. The number of nitrogens with zero attached hydrogens (tertiary/aromatic N) is 1. The first-order valence-corrected chi connectivity index (χ1v) is 5.97. The zero-order valence-electron chi connectivity index (χ0n) is 8.60. The van der Waals surface area contributed by atoms with Crippen molar-refractivity contribution in [2.45, 2.75) is 31.9 Å². The molecule has 0 saturated carbocycles. The van der Waals surface area contributed by atoms with Crippen LogP contribution in [0.25, 0.3) is 0 Å². The normalized spacial score (nSPS) is 25.4. The van der Waals surface area contributed by atoms with Gasteiger partial charge in [-0.25, -0.2) is 0 Å².